The Morgan fingerprint density at radius 1 is 1.08 bits per heavy atom. The Morgan fingerprint density at radius 3 is 2.57 bits per heavy atom. The lowest BCUT2D eigenvalue weighted by atomic mass is 9.84. The van der Waals surface area contributed by atoms with Crippen LogP contribution in [0.25, 0.3) is 21.8 Å². The fourth-order valence-corrected chi connectivity index (χ4v) is 5.78. The van der Waals surface area contributed by atoms with Gasteiger partial charge in [-0.2, -0.15) is 0 Å². The van der Waals surface area contributed by atoms with Crippen molar-refractivity contribution in [2.45, 2.75) is 32.7 Å². The molecule has 8 nitrogen and oxygen atoms in total. The second kappa shape index (κ2) is 8.09. The SMILES string of the molecule is COc1ccc2cc(C3C4=C(CN(C(C)=O)C4=O)Nc4cccc5c4c3cn5C(C)C)c(=O)n(C)c2c1. The minimum Gasteiger partial charge on any atom is -0.497 e. The van der Waals surface area contributed by atoms with E-state index in [0.717, 1.165) is 33.1 Å². The lowest BCUT2D eigenvalue weighted by Crippen LogP contribution is -2.34. The van der Waals surface area contributed by atoms with Gasteiger partial charge in [0, 0.05) is 60.5 Å². The molecular weight excluding hydrogens is 468 g/mol. The van der Waals surface area contributed by atoms with Gasteiger partial charge in [0.05, 0.1) is 30.3 Å². The van der Waals surface area contributed by atoms with Crippen molar-refractivity contribution in [3.05, 3.63) is 81.4 Å². The molecule has 2 aromatic heterocycles. The zero-order chi connectivity index (χ0) is 26.2. The van der Waals surface area contributed by atoms with Gasteiger partial charge in [0.25, 0.3) is 11.5 Å². The second-order valence-electron chi connectivity index (χ2n) is 10.0. The molecule has 1 atom stereocenters. The molecule has 2 amide bonds. The summed E-state index contributed by atoms with van der Waals surface area (Å²) in [5.74, 6) is -0.673. The van der Waals surface area contributed by atoms with Crippen molar-refractivity contribution in [3.63, 3.8) is 0 Å². The molecule has 0 fully saturated rings. The number of aromatic nitrogens is 2. The number of hydrogen-bond donors (Lipinski definition) is 1. The van der Waals surface area contributed by atoms with Crippen LogP contribution in [0.1, 0.15) is 43.9 Å². The van der Waals surface area contributed by atoms with Gasteiger partial charge in [-0.1, -0.05) is 6.07 Å². The molecular formula is C29H28N4O4. The van der Waals surface area contributed by atoms with Gasteiger partial charge in [0.15, 0.2) is 0 Å². The van der Waals surface area contributed by atoms with Crippen molar-refractivity contribution in [2.75, 3.05) is 19.0 Å². The predicted octanol–water partition coefficient (Wildman–Crippen LogP) is 4.28. The van der Waals surface area contributed by atoms with E-state index in [4.69, 9.17) is 4.74 Å². The number of nitrogens with one attached hydrogen (secondary N) is 1. The van der Waals surface area contributed by atoms with E-state index in [2.05, 4.69) is 36.0 Å². The van der Waals surface area contributed by atoms with E-state index in [1.807, 2.05) is 36.4 Å². The fourth-order valence-electron chi connectivity index (χ4n) is 5.78. The molecule has 188 valence electrons. The molecule has 6 rings (SSSR count). The van der Waals surface area contributed by atoms with Crippen LogP contribution in [0.4, 0.5) is 5.69 Å². The molecule has 0 radical (unpaired) electrons. The third-order valence-electron chi connectivity index (χ3n) is 7.60. The number of imide groups is 1. The number of aryl methyl sites for hydroxylation is 1. The van der Waals surface area contributed by atoms with Crippen LogP contribution < -0.4 is 15.6 Å². The highest BCUT2D eigenvalue weighted by molar-refractivity contribution is 6.11. The maximum atomic E-state index is 14.0. The van der Waals surface area contributed by atoms with Crippen LogP contribution in [-0.2, 0) is 16.6 Å². The van der Waals surface area contributed by atoms with E-state index in [-0.39, 0.29) is 30.0 Å². The number of benzene rings is 2. The van der Waals surface area contributed by atoms with Crippen LogP contribution in [0.15, 0.2) is 64.7 Å². The minimum absolute atomic E-state index is 0.149. The van der Waals surface area contributed by atoms with Gasteiger partial charge in [-0.3, -0.25) is 19.3 Å². The number of carbonyl (C=O) groups excluding carboxylic acids is 2. The van der Waals surface area contributed by atoms with Gasteiger partial charge in [-0.05, 0) is 55.1 Å². The molecule has 4 aromatic rings. The van der Waals surface area contributed by atoms with Gasteiger partial charge in [-0.25, -0.2) is 0 Å². The average molecular weight is 497 g/mol. The number of carbonyl (C=O) groups is 2. The highest BCUT2D eigenvalue weighted by atomic mass is 16.5. The first-order valence-electron chi connectivity index (χ1n) is 12.3. The fraction of sp³-hybridized carbons (Fsp3) is 0.276. The van der Waals surface area contributed by atoms with Crippen LogP contribution in [-0.4, -0.2) is 39.5 Å². The number of anilines is 1. The van der Waals surface area contributed by atoms with Crippen molar-refractivity contribution in [3.8, 4) is 5.75 Å². The van der Waals surface area contributed by atoms with Gasteiger partial charge in [0.2, 0.25) is 5.91 Å². The maximum absolute atomic E-state index is 14.0. The summed E-state index contributed by atoms with van der Waals surface area (Å²) in [6.07, 6.45) is 2.06. The number of methoxy groups -OCH3 is 1. The molecule has 2 aliphatic heterocycles. The molecule has 37 heavy (non-hydrogen) atoms. The summed E-state index contributed by atoms with van der Waals surface area (Å²) in [5.41, 5.74) is 4.90. The van der Waals surface area contributed by atoms with Crippen molar-refractivity contribution in [1.29, 1.82) is 0 Å². The Morgan fingerprint density at radius 2 is 1.86 bits per heavy atom. The molecule has 1 unspecified atom stereocenters. The smallest absolute Gasteiger partial charge is 0.259 e. The van der Waals surface area contributed by atoms with Gasteiger partial charge in [0.1, 0.15) is 5.75 Å². The Kier molecular flexibility index (Phi) is 5.05. The van der Waals surface area contributed by atoms with Crippen molar-refractivity contribution in [2.24, 2.45) is 7.05 Å². The van der Waals surface area contributed by atoms with Gasteiger partial charge < -0.3 is 19.2 Å². The van der Waals surface area contributed by atoms with E-state index < -0.39 is 5.92 Å². The summed E-state index contributed by atoms with van der Waals surface area (Å²) in [4.78, 5) is 41.3. The number of hydrogen-bond acceptors (Lipinski definition) is 5. The van der Waals surface area contributed by atoms with E-state index in [9.17, 15) is 14.4 Å². The van der Waals surface area contributed by atoms with Crippen LogP contribution >= 0.6 is 0 Å². The molecule has 1 N–H and O–H groups in total. The lowest BCUT2D eigenvalue weighted by Gasteiger charge is -2.20. The van der Waals surface area contributed by atoms with Gasteiger partial charge >= 0.3 is 0 Å². The summed E-state index contributed by atoms with van der Waals surface area (Å²) in [6.45, 7) is 5.75. The van der Waals surface area contributed by atoms with E-state index in [1.54, 1.807) is 18.7 Å². The van der Waals surface area contributed by atoms with Crippen molar-refractivity contribution >= 4 is 39.3 Å². The number of nitrogens with zero attached hydrogens (tertiary/aromatic N) is 3. The third-order valence-corrected chi connectivity index (χ3v) is 7.60. The molecule has 0 spiro atoms. The Labute approximate surface area is 213 Å². The molecule has 0 bridgehead atoms. The average Bonchev–Trinajstić information content (AvgIpc) is 3.37. The quantitative estimate of drug-likeness (QED) is 0.458. The lowest BCUT2D eigenvalue weighted by molar-refractivity contribution is -0.139. The summed E-state index contributed by atoms with van der Waals surface area (Å²) in [7, 11) is 3.33. The second-order valence-corrected chi connectivity index (χ2v) is 10.0. The first-order valence-corrected chi connectivity index (χ1v) is 12.3. The van der Waals surface area contributed by atoms with Gasteiger partial charge in [-0.15, -0.1) is 0 Å². The zero-order valence-corrected chi connectivity index (χ0v) is 21.5. The molecule has 0 aliphatic carbocycles. The highest BCUT2D eigenvalue weighted by Gasteiger charge is 2.42. The summed E-state index contributed by atoms with van der Waals surface area (Å²) in [5, 5.41) is 5.31. The highest BCUT2D eigenvalue weighted by Crippen LogP contribution is 2.46. The monoisotopic (exact) mass is 496 g/mol. The number of pyridine rings is 1. The summed E-state index contributed by atoms with van der Waals surface area (Å²) >= 11 is 0. The largest absolute Gasteiger partial charge is 0.497 e. The normalized spacial score (nSPS) is 17.0. The topological polar surface area (TPSA) is 85.6 Å². The standard InChI is InChI=1S/C29H28N4O4/c1-15(2)32-13-20-25(19-11-17-9-10-18(37-5)12-24(17)31(4)28(19)35)27-22(14-33(16(3)34)29(27)36)30-21-7-6-8-23(32)26(20)21/h6-13,15,25,30H,14H2,1-5H3. The molecule has 8 heteroatoms. The van der Waals surface area contributed by atoms with Crippen LogP contribution in [0.2, 0.25) is 0 Å². The summed E-state index contributed by atoms with van der Waals surface area (Å²) in [6, 6.07) is 13.7. The van der Waals surface area contributed by atoms with Crippen LogP contribution in [0, 0.1) is 0 Å². The first-order chi connectivity index (χ1) is 17.7. The molecule has 2 aliphatic rings. The van der Waals surface area contributed by atoms with Crippen LogP contribution in [0.5, 0.6) is 5.75 Å². The maximum Gasteiger partial charge on any atom is 0.259 e. The third kappa shape index (κ3) is 3.25. The number of ether oxygens (including phenoxy) is 1. The number of amides is 2. The predicted molar refractivity (Wildman–Crippen MR) is 143 cm³/mol. The van der Waals surface area contributed by atoms with Crippen LogP contribution in [0.3, 0.4) is 0 Å². The molecule has 2 aromatic carbocycles. The van der Waals surface area contributed by atoms with Crippen molar-refractivity contribution < 1.29 is 14.3 Å². The molecule has 0 saturated carbocycles. The molecule has 4 heterocycles. The Hall–Kier alpha value is -4.33. The number of fused-ring (bicyclic) bond motifs is 1. The molecule has 0 saturated heterocycles. The first kappa shape index (κ1) is 23.1. The van der Waals surface area contributed by atoms with E-state index >= 15 is 0 Å². The zero-order valence-electron chi connectivity index (χ0n) is 21.5. The Balaban J connectivity index is 1.70. The minimum atomic E-state index is -0.643. The Bertz CT molecular complexity index is 1740. The van der Waals surface area contributed by atoms with E-state index in [0.29, 0.717) is 22.6 Å². The van der Waals surface area contributed by atoms with E-state index in [1.165, 1.54) is 11.8 Å². The number of rotatable bonds is 3. The van der Waals surface area contributed by atoms with Crippen molar-refractivity contribution in [1.82, 2.24) is 14.0 Å². The summed E-state index contributed by atoms with van der Waals surface area (Å²) < 4.78 is 9.15.